The molecule has 0 amide bonds. The molecule has 1 unspecified atom stereocenters. The molecule has 0 saturated carbocycles. The fourth-order valence-electron chi connectivity index (χ4n) is 3.01. The van der Waals surface area contributed by atoms with E-state index in [9.17, 15) is 15.3 Å². The molecule has 3 rings (SSSR count). The second kappa shape index (κ2) is 6.37. The highest BCUT2D eigenvalue weighted by atomic mass is 16.5. The van der Waals surface area contributed by atoms with Gasteiger partial charge in [0.15, 0.2) is 0 Å². The van der Waals surface area contributed by atoms with E-state index in [-0.39, 0.29) is 28.5 Å². The zero-order valence-corrected chi connectivity index (χ0v) is 14.4. The van der Waals surface area contributed by atoms with Crippen LogP contribution in [0.1, 0.15) is 22.7 Å². The molecule has 8 nitrogen and oxygen atoms in total. The van der Waals surface area contributed by atoms with E-state index in [0.717, 1.165) is 0 Å². The predicted molar refractivity (Wildman–Crippen MR) is 91.5 cm³/mol. The summed E-state index contributed by atoms with van der Waals surface area (Å²) in [6, 6.07) is 8.49. The van der Waals surface area contributed by atoms with Gasteiger partial charge in [0.05, 0.1) is 31.4 Å². The van der Waals surface area contributed by atoms with Crippen LogP contribution in [0, 0.1) is 18.3 Å². The van der Waals surface area contributed by atoms with Gasteiger partial charge in [-0.1, -0.05) is 6.07 Å². The minimum Gasteiger partial charge on any atom is -0.497 e. The van der Waals surface area contributed by atoms with Crippen molar-refractivity contribution in [2.45, 2.75) is 12.8 Å². The van der Waals surface area contributed by atoms with Crippen molar-refractivity contribution < 1.29 is 19.4 Å². The van der Waals surface area contributed by atoms with Gasteiger partial charge in [0, 0.05) is 17.7 Å². The number of hydrogen-bond acceptors (Lipinski definition) is 7. The molecule has 0 aliphatic carbocycles. The molecule has 0 bridgehead atoms. The van der Waals surface area contributed by atoms with Crippen molar-refractivity contribution in [3.05, 3.63) is 62.9 Å². The third-order valence-electron chi connectivity index (χ3n) is 4.30. The Morgan fingerprint density at radius 1 is 1.31 bits per heavy atom. The van der Waals surface area contributed by atoms with Gasteiger partial charge in [0.2, 0.25) is 5.88 Å². The molecule has 8 heteroatoms. The lowest BCUT2D eigenvalue weighted by Crippen LogP contribution is -2.32. The van der Waals surface area contributed by atoms with Crippen molar-refractivity contribution >= 4 is 0 Å². The highest BCUT2D eigenvalue weighted by Gasteiger charge is 2.36. The van der Waals surface area contributed by atoms with E-state index in [0.29, 0.717) is 21.8 Å². The van der Waals surface area contributed by atoms with Gasteiger partial charge in [0.25, 0.3) is 5.56 Å². The zero-order valence-electron chi connectivity index (χ0n) is 14.4. The lowest BCUT2D eigenvalue weighted by atomic mass is 9.83. The monoisotopic (exact) mass is 355 g/mol. The average Bonchev–Trinajstić information content (AvgIpc) is 2.64. The molecule has 0 spiro atoms. The largest absolute Gasteiger partial charge is 0.497 e. The van der Waals surface area contributed by atoms with Crippen LogP contribution in [0.2, 0.25) is 0 Å². The van der Waals surface area contributed by atoms with Crippen LogP contribution in [0.5, 0.6) is 17.2 Å². The van der Waals surface area contributed by atoms with Crippen molar-refractivity contribution in [1.29, 1.82) is 5.26 Å². The number of fused-ring (bicyclic) bond motifs is 1. The molecule has 2 aromatic rings. The van der Waals surface area contributed by atoms with Crippen molar-refractivity contribution in [3.63, 3.8) is 0 Å². The quantitative estimate of drug-likeness (QED) is 0.803. The van der Waals surface area contributed by atoms with Crippen molar-refractivity contribution in [2.24, 2.45) is 5.73 Å². The lowest BCUT2D eigenvalue weighted by Gasteiger charge is -2.27. The van der Waals surface area contributed by atoms with Crippen LogP contribution >= 0.6 is 0 Å². The molecule has 0 fully saturated rings. The standard InChI is InChI=1S/C18H17N3O5/c1-9-6-14-16(18(22)21(9)23)15(12(8-19)17(20)26-14)11-5-4-10(24-2)7-13(11)25-3/h4-7,15,23H,20H2,1-3H3. The summed E-state index contributed by atoms with van der Waals surface area (Å²) in [4.78, 5) is 12.7. The first-order chi connectivity index (χ1) is 12.4. The number of aryl methyl sites for hydroxylation is 1. The number of rotatable bonds is 3. The van der Waals surface area contributed by atoms with Gasteiger partial charge in [-0.2, -0.15) is 9.99 Å². The summed E-state index contributed by atoms with van der Waals surface area (Å²) in [5, 5.41) is 19.6. The molecule has 1 aliphatic heterocycles. The molecular formula is C18H17N3O5. The molecule has 26 heavy (non-hydrogen) atoms. The maximum Gasteiger partial charge on any atom is 0.291 e. The number of allylic oxidation sites excluding steroid dienone is 1. The van der Waals surface area contributed by atoms with E-state index in [1.807, 2.05) is 6.07 Å². The summed E-state index contributed by atoms with van der Waals surface area (Å²) in [5.74, 6) is 0.203. The topological polar surface area (TPSA) is 120 Å². The fraction of sp³-hybridized carbons (Fsp3) is 0.222. The summed E-state index contributed by atoms with van der Waals surface area (Å²) < 4.78 is 16.6. The second-order valence-corrected chi connectivity index (χ2v) is 5.71. The minimum atomic E-state index is -0.851. The molecule has 0 radical (unpaired) electrons. The van der Waals surface area contributed by atoms with Crippen LogP contribution in [0.15, 0.2) is 40.5 Å². The minimum absolute atomic E-state index is 0.0573. The molecule has 0 saturated heterocycles. The van der Waals surface area contributed by atoms with Crippen molar-refractivity contribution in [3.8, 4) is 23.3 Å². The number of pyridine rings is 1. The maximum absolute atomic E-state index is 12.7. The molecule has 2 heterocycles. The fourth-order valence-corrected chi connectivity index (χ4v) is 3.01. The Morgan fingerprint density at radius 2 is 2.04 bits per heavy atom. The Labute approximate surface area is 149 Å². The zero-order chi connectivity index (χ0) is 19.0. The highest BCUT2D eigenvalue weighted by Crippen LogP contribution is 2.44. The van der Waals surface area contributed by atoms with E-state index in [1.54, 1.807) is 25.1 Å². The third kappa shape index (κ3) is 2.50. The van der Waals surface area contributed by atoms with E-state index >= 15 is 0 Å². The van der Waals surface area contributed by atoms with Crippen LogP contribution < -0.4 is 25.5 Å². The van der Waals surface area contributed by atoms with E-state index < -0.39 is 11.5 Å². The van der Waals surface area contributed by atoms with Crippen LogP contribution in [-0.4, -0.2) is 24.2 Å². The Morgan fingerprint density at radius 3 is 2.65 bits per heavy atom. The van der Waals surface area contributed by atoms with Crippen LogP contribution in [0.25, 0.3) is 0 Å². The smallest absolute Gasteiger partial charge is 0.291 e. The van der Waals surface area contributed by atoms with Gasteiger partial charge in [-0.05, 0) is 13.0 Å². The first-order valence-electron chi connectivity index (χ1n) is 7.68. The lowest BCUT2D eigenvalue weighted by molar-refractivity contribution is 0.165. The molecule has 1 atom stereocenters. The second-order valence-electron chi connectivity index (χ2n) is 5.71. The molecule has 1 aliphatic rings. The van der Waals surface area contributed by atoms with E-state index in [2.05, 4.69) is 0 Å². The molecule has 134 valence electrons. The number of ether oxygens (including phenoxy) is 3. The summed E-state index contributed by atoms with van der Waals surface area (Å²) in [7, 11) is 2.99. The van der Waals surface area contributed by atoms with Gasteiger partial charge in [-0.15, -0.1) is 0 Å². The summed E-state index contributed by atoms with van der Waals surface area (Å²) in [5.41, 5.74) is 6.19. The number of nitrogens with zero attached hydrogens (tertiary/aromatic N) is 2. The number of hydrogen-bond donors (Lipinski definition) is 2. The van der Waals surface area contributed by atoms with Gasteiger partial charge in [-0.25, -0.2) is 0 Å². The van der Waals surface area contributed by atoms with E-state index in [4.69, 9.17) is 19.9 Å². The Hall–Kier alpha value is -3.60. The number of nitrogens with two attached hydrogens (primary N) is 1. The summed E-state index contributed by atoms with van der Waals surface area (Å²) in [6.45, 7) is 1.55. The summed E-state index contributed by atoms with van der Waals surface area (Å²) >= 11 is 0. The van der Waals surface area contributed by atoms with Gasteiger partial charge < -0.3 is 25.2 Å². The number of methoxy groups -OCH3 is 2. The Bertz CT molecular complexity index is 1020. The van der Waals surface area contributed by atoms with Gasteiger partial charge in [-0.3, -0.25) is 4.79 Å². The molecular weight excluding hydrogens is 338 g/mol. The number of aromatic nitrogens is 1. The van der Waals surface area contributed by atoms with Crippen LogP contribution in [-0.2, 0) is 0 Å². The van der Waals surface area contributed by atoms with Gasteiger partial charge in [0.1, 0.15) is 28.9 Å². The van der Waals surface area contributed by atoms with E-state index in [1.165, 1.54) is 20.3 Å². The summed E-state index contributed by atoms with van der Waals surface area (Å²) in [6.07, 6.45) is 0. The number of nitriles is 1. The predicted octanol–water partition coefficient (Wildman–Crippen LogP) is 1.63. The molecule has 3 N–H and O–H groups in total. The molecule has 1 aromatic carbocycles. The van der Waals surface area contributed by atoms with Crippen LogP contribution in [0.3, 0.4) is 0 Å². The first-order valence-corrected chi connectivity index (χ1v) is 7.68. The molecule has 1 aromatic heterocycles. The maximum atomic E-state index is 12.7. The normalized spacial score (nSPS) is 15.7. The van der Waals surface area contributed by atoms with Gasteiger partial charge >= 0.3 is 0 Å². The SMILES string of the molecule is COc1ccc(C2C(C#N)=C(N)Oc3cc(C)n(O)c(=O)c32)c(OC)c1. The van der Waals surface area contributed by atoms with Crippen LogP contribution in [0.4, 0.5) is 0 Å². The Kier molecular flexibility index (Phi) is 4.22. The Balaban J connectivity index is 2.35. The highest BCUT2D eigenvalue weighted by molar-refractivity contribution is 5.59. The first kappa shape index (κ1) is 17.2. The third-order valence-corrected chi connectivity index (χ3v) is 4.30. The average molecular weight is 355 g/mol. The number of benzene rings is 1. The van der Waals surface area contributed by atoms with Crippen molar-refractivity contribution in [1.82, 2.24) is 4.73 Å². The van der Waals surface area contributed by atoms with Crippen molar-refractivity contribution in [2.75, 3.05) is 14.2 Å².